The van der Waals surface area contributed by atoms with E-state index in [1.807, 2.05) is 0 Å². The minimum absolute atomic E-state index is 0.623. The quantitative estimate of drug-likeness (QED) is 0.890. The van der Waals surface area contributed by atoms with Crippen LogP contribution in [-0.2, 0) is 6.54 Å². The van der Waals surface area contributed by atoms with Crippen LogP contribution in [0.2, 0.25) is 0 Å². The maximum Gasteiger partial charge on any atom is 0.118 e. The Bertz CT molecular complexity index is 495. The summed E-state index contributed by atoms with van der Waals surface area (Å²) in [5.41, 5.74) is 1.38. The summed E-state index contributed by atoms with van der Waals surface area (Å²) in [7, 11) is 1.72. The standard InChI is InChI=1S/C21H33N2O/c1-4-20-16(2)23(15-17-5-7-19(24-3)8-6-17)14-11-21(20)18-9-12-22-13-10-18/h5-8,16,18,20-22H,1,4,9-15H2,2-3H3. The van der Waals surface area contributed by atoms with E-state index in [2.05, 4.69) is 48.3 Å². The SMILES string of the molecule is [CH2]CC1C(C2CCNCC2)CCN(Cc2ccc(OC)cc2)C1C. The van der Waals surface area contributed by atoms with Crippen molar-refractivity contribution >= 4 is 0 Å². The lowest BCUT2D eigenvalue weighted by atomic mass is 9.69. The molecule has 1 radical (unpaired) electrons. The Morgan fingerprint density at radius 2 is 1.88 bits per heavy atom. The third-order valence-corrected chi connectivity index (χ3v) is 6.36. The van der Waals surface area contributed by atoms with E-state index in [1.165, 1.54) is 44.5 Å². The van der Waals surface area contributed by atoms with Gasteiger partial charge in [0.25, 0.3) is 0 Å². The highest BCUT2D eigenvalue weighted by atomic mass is 16.5. The molecule has 1 N–H and O–H groups in total. The fourth-order valence-electron chi connectivity index (χ4n) is 4.86. The number of methoxy groups -OCH3 is 1. The molecule has 3 nitrogen and oxygen atoms in total. The van der Waals surface area contributed by atoms with Crippen molar-refractivity contribution in [1.82, 2.24) is 10.2 Å². The zero-order chi connectivity index (χ0) is 16.9. The van der Waals surface area contributed by atoms with Crippen LogP contribution in [-0.4, -0.2) is 37.7 Å². The number of ether oxygens (including phenoxy) is 1. The number of nitrogens with zero attached hydrogens (tertiary/aromatic N) is 1. The molecule has 3 atom stereocenters. The Hall–Kier alpha value is -1.06. The molecule has 2 aliphatic rings. The van der Waals surface area contributed by atoms with Gasteiger partial charge >= 0.3 is 0 Å². The molecule has 24 heavy (non-hydrogen) atoms. The van der Waals surface area contributed by atoms with Gasteiger partial charge in [-0.25, -0.2) is 0 Å². The lowest BCUT2D eigenvalue weighted by Gasteiger charge is -2.47. The molecular weight excluding hydrogens is 296 g/mol. The second kappa shape index (κ2) is 8.35. The summed E-state index contributed by atoms with van der Waals surface area (Å²) >= 11 is 0. The van der Waals surface area contributed by atoms with Crippen LogP contribution in [0.5, 0.6) is 5.75 Å². The van der Waals surface area contributed by atoms with Crippen molar-refractivity contribution in [2.24, 2.45) is 17.8 Å². The zero-order valence-electron chi connectivity index (χ0n) is 15.3. The third-order valence-electron chi connectivity index (χ3n) is 6.36. The molecule has 1 aromatic carbocycles. The molecular formula is C21H33N2O. The average Bonchev–Trinajstić information content (AvgIpc) is 2.64. The lowest BCUT2D eigenvalue weighted by molar-refractivity contribution is 0.0190. The highest BCUT2D eigenvalue weighted by Crippen LogP contribution is 2.40. The van der Waals surface area contributed by atoms with Crippen molar-refractivity contribution in [2.75, 3.05) is 26.7 Å². The predicted molar refractivity (Wildman–Crippen MR) is 100 cm³/mol. The van der Waals surface area contributed by atoms with E-state index in [0.717, 1.165) is 36.5 Å². The molecule has 2 saturated heterocycles. The zero-order valence-corrected chi connectivity index (χ0v) is 15.3. The molecule has 2 heterocycles. The number of rotatable bonds is 5. The van der Waals surface area contributed by atoms with Gasteiger partial charge in [0.2, 0.25) is 0 Å². The van der Waals surface area contributed by atoms with Gasteiger partial charge in [-0.05, 0) is 87.7 Å². The first kappa shape index (κ1) is 17.8. The van der Waals surface area contributed by atoms with Crippen LogP contribution in [0, 0.1) is 24.7 Å². The molecule has 133 valence electrons. The Kier molecular flexibility index (Phi) is 6.18. The molecule has 0 amide bonds. The highest BCUT2D eigenvalue weighted by molar-refractivity contribution is 5.27. The van der Waals surface area contributed by atoms with E-state index >= 15 is 0 Å². The van der Waals surface area contributed by atoms with Crippen molar-refractivity contribution < 1.29 is 4.74 Å². The van der Waals surface area contributed by atoms with Gasteiger partial charge in [0.1, 0.15) is 5.75 Å². The molecule has 3 heteroatoms. The van der Waals surface area contributed by atoms with Crippen LogP contribution in [0.25, 0.3) is 0 Å². The topological polar surface area (TPSA) is 24.5 Å². The van der Waals surface area contributed by atoms with Gasteiger partial charge in [0.05, 0.1) is 7.11 Å². The van der Waals surface area contributed by atoms with Gasteiger partial charge in [0.15, 0.2) is 0 Å². The smallest absolute Gasteiger partial charge is 0.118 e. The Morgan fingerprint density at radius 1 is 1.17 bits per heavy atom. The lowest BCUT2D eigenvalue weighted by Crippen LogP contribution is -2.49. The molecule has 0 saturated carbocycles. The Labute approximate surface area is 147 Å². The summed E-state index contributed by atoms with van der Waals surface area (Å²) in [5.74, 6) is 3.45. The number of hydrogen-bond donors (Lipinski definition) is 1. The maximum atomic E-state index is 5.27. The van der Waals surface area contributed by atoms with Crippen molar-refractivity contribution in [3.63, 3.8) is 0 Å². The van der Waals surface area contributed by atoms with Gasteiger partial charge in [-0.15, -0.1) is 0 Å². The fourth-order valence-corrected chi connectivity index (χ4v) is 4.86. The van der Waals surface area contributed by atoms with Crippen molar-refractivity contribution in [2.45, 2.75) is 45.2 Å². The van der Waals surface area contributed by atoms with Crippen molar-refractivity contribution in [3.05, 3.63) is 36.8 Å². The van der Waals surface area contributed by atoms with E-state index < -0.39 is 0 Å². The number of piperidine rings is 2. The first-order chi connectivity index (χ1) is 11.7. The fraction of sp³-hybridized carbons (Fsp3) is 0.667. The van der Waals surface area contributed by atoms with Gasteiger partial charge in [-0.3, -0.25) is 4.90 Å². The summed E-state index contributed by atoms with van der Waals surface area (Å²) in [6.07, 6.45) is 5.11. The van der Waals surface area contributed by atoms with Crippen LogP contribution in [0.15, 0.2) is 24.3 Å². The molecule has 2 fully saturated rings. The summed E-state index contributed by atoms with van der Waals surface area (Å²) in [6.45, 7) is 11.4. The molecule has 2 aliphatic heterocycles. The minimum atomic E-state index is 0.623. The van der Waals surface area contributed by atoms with Crippen LogP contribution in [0.4, 0.5) is 0 Å². The van der Waals surface area contributed by atoms with E-state index in [0.29, 0.717) is 6.04 Å². The van der Waals surface area contributed by atoms with Gasteiger partial charge in [0, 0.05) is 12.6 Å². The molecule has 0 bridgehead atoms. The molecule has 3 unspecified atom stereocenters. The van der Waals surface area contributed by atoms with Crippen LogP contribution < -0.4 is 10.1 Å². The summed E-state index contributed by atoms with van der Waals surface area (Å²) in [4.78, 5) is 2.66. The number of nitrogens with one attached hydrogen (secondary N) is 1. The summed E-state index contributed by atoms with van der Waals surface area (Å²) in [6, 6.07) is 9.16. The third kappa shape index (κ3) is 3.94. The number of benzene rings is 1. The van der Waals surface area contributed by atoms with E-state index in [9.17, 15) is 0 Å². The second-order valence-corrected chi connectivity index (χ2v) is 7.55. The first-order valence-corrected chi connectivity index (χ1v) is 9.60. The first-order valence-electron chi connectivity index (χ1n) is 9.60. The number of likely N-dealkylation sites (tertiary alicyclic amines) is 1. The summed E-state index contributed by atoms with van der Waals surface area (Å²) in [5, 5.41) is 3.51. The van der Waals surface area contributed by atoms with Gasteiger partial charge < -0.3 is 10.1 Å². The summed E-state index contributed by atoms with van der Waals surface area (Å²) < 4.78 is 5.27. The monoisotopic (exact) mass is 329 g/mol. The average molecular weight is 330 g/mol. The normalized spacial score (nSPS) is 29.5. The molecule has 0 aromatic heterocycles. The minimum Gasteiger partial charge on any atom is -0.497 e. The maximum absolute atomic E-state index is 5.27. The van der Waals surface area contributed by atoms with Crippen LogP contribution >= 0.6 is 0 Å². The van der Waals surface area contributed by atoms with Crippen LogP contribution in [0.3, 0.4) is 0 Å². The number of hydrogen-bond acceptors (Lipinski definition) is 3. The Morgan fingerprint density at radius 3 is 2.50 bits per heavy atom. The molecule has 0 spiro atoms. The highest BCUT2D eigenvalue weighted by Gasteiger charge is 2.38. The molecule has 1 aromatic rings. The van der Waals surface area contributed by atoms with Crippen LogP contribution in [0.1, 0.15) is 38.2 Å². The predicted octanol–water partition coefficient (Wildman–Crippen LogP) is 3.75. The largest absolute Gasteiger partial charge is 0.497 e. The van der Waals surface area contributed by atoms with E-state index in [4.69, 9.17) is 4.74 Å². The van der Waals surface area contributed by atoms with Gasteiger partial charge in [-0.2, -0.15) is 0 Å². The van der Waals surface area contributed by atoms with Crippen molar-refractivity contribution in [1.29, 1.82) is 0 Å². The van der Waals surface area contributed by atoms with Crippen molar-refractivity contribution in [3.8, 4) is 5.75 Å². The van der Waals surface area contributed by atoms with E-state index in [-0.39, 0.29) is 0 Å². The Balaban J connectivity index is 1.64. The van der Waals surface area contributed by atoms with Gasteiger partial charge in [-0.1, -0.05) is 19.1 Å². The van der Waals surface area contributed by atoms with E-state index in [1.54, 1.807) is 7.11 Å². The molecule has 3 rings (SSSR count). The molecule has 0 aliphatic carbocycles. The second-order valence-electron chi connectivity index (χ2n) is 7.55.